The number of carbonyl (C=O) groups excluding carboxylic acids is 1. The molecule has 0 bridgehead atoms. The number of carbonyl (C=O) groups is 1. The maximum atomic E-state index is 13.6. The van der Waals surface area contributed by atoms with E-state index >= 15 is 0 Å². The number of methoxy groups -OCH3 is 1. The SMILES string of the molecule is COc1ccc(-n2c(SCc3ccccc3)nc3cc(C(=O)NC(C)C)ccc3c2=O)cc1. The number of benzene rings is 3. The highest BCUT2D eigenvalue weighted by atomic mass is 32.2. The van der Waals surface area contributed by atoms with Crippen molar-refractivity contribution >= 4 is 28.6 Å². The molecule has 0 aliphatic rings. The molecule has 4 rings (SSSR count). The van der Waals surface area contributed by atoms with Gasteiger partial charge in [-0.1, -0.05) is 42.1 Å². The van der Waals surface area contributed by atoms with Gasteiger partial charge in [0, 0.05) is 17.4 Å². The Bertz CT molecular complexity index is 1330. The van der Waals surface area contributed by atoms with E-state index in [2.05, 4.69) is 5.32 Å². The summed E-state index contributed by atoms with van der Waals surface area (Å²) in [4.78, 5) is 30.8. The summed E-state index contributed by atoms with van der Waals surface area (Å²) in [7, 11) is 1.60. The van der Waals surface area contributed by atoms with Gasteiger partial charge in [0.2, 0.25) is 0 Å². The van der Waals surface area contributed by atoms with E-state index in [1.165, 1.54) is 11.8 Å². The lowest BCUT2D eigenvalue weighted by Gasteiger charge is -2.14. The number of hydrogen-bond donors (Lipinski definition) is 1. The van der Waals surface area contributed by atoms with Gasteiger partial charge in [0.25, 0.3) is 11.5 Å². The summed E-state index contributed by atoms with van der Waals surface area (Å²) in [5.41, 5.74) is 2.62. The van der Waals surface area contributed by atoms with Crippen LogP contribution in [0.25, 0.3) is 16.6 Å². The lowest BCUT2D eigenvalue weighted by molar-refractivity contribution is 0.0943. The van der Waals surface area contributed by atoms with Gasteiger partial charge in [-0.3, -0.25) is 14.2 Å². The molecule has 1 N–H and O–H groups in total. The molecule has 0 aliphatic carbocycles. The van der Waals surface area contributed by atoms with Crippen LogP contribution >= 0.6 is 11.8 Å². The Morgan fingerprint density at radius 1 is 1.06 bits per heavy atom. The standard InChI is InChI=1S/C26H25N3O3S/c1-17(2)27-24(30)19-9-14-22-23(15-19)28-26(33-16-18-7-5-4-6-8-18)29(25(22)31)20-10-12-21(32-3)13-11-20/h4-15,17H,16H2,1-3H3,(H,27,30). The average Bonchev–Trinajstić information content (AvgIpc) is 2.83. The first-order valence-corrected chi connectivity index (χ1v) is 11.6. The van der Waals surface area contributed by atoms with Gasteiger partial charge in [0.1, 0.15) is 5.75 Å². The van der Waals surface area contributed by atoms with Crippen molar-refractivity contribution in [1.29, 1.82) is 0 Å². The third kappa shape index (κ3) is 5.09. The van der Waals surface area contributed by atoms with Crippen molar-refractivity contribution in [3.63, 3.8) is 0 Å². The van der Waals surface area contributed by atoms with Crippen LogP contribution in [0, 0.1) is 0 Å². The van der Waals surface area contributed by atoms with E-state index in [9.17, 15) is 9.59 Å². The molecule has 0 saturated heterocycles. The zero-order valence-electron chi connectivity index (χ0n) is 18.7. The van der Waals surface area contributed by atoms with Crippen molar-refractivity contribution < 1.29 is 9.53 Å². The molecule has 0 spiro atoms. The molecule has 7 heteroatoms. The first-order valence-electron chi connectivity index (χ1n) is 10.6. The fourth-order valence-corrected chi connectivity index (χ4v) is 4.40. The molecule has 168 valence electrons. The summed E-state index contributed by atoms with van der Waals surface area (Å²) < 4.78 is 6.87. The molecule has 0 radical (unpaired) electrons. The van der Waals surface area contributed by atoms with E-state index in [-0.39, 0.29) is 17.5 Å². The number of ether oxygens (including phenoxy) is 1. The molecule has 0 atom stereocenters. The van der Waals surface area contributed by atoms with Gasteiger partial charge in [-0.15, -0.1) is 0 Å². The summed E-state index contributed by atoms with van der Waals surface area (Å²) in [6, 6.07) is 22.4. The summed E-state index contributed by atoms with van der Waals surface area (Å²) in [6.07, 6.45) is 0. The number of thioether (sulfide) groups is 1. The minimum atomic E-state index is -0.188. The van der Waals surface area contributed by atoms with Gasteiger partial charge in [0.15, 0.2) is 5.16 Å². The van der Waals surface area contributed by atoms with Crippen LogP contribution < -0.4 is 15.6 Å². The zero-order chi connectivity index (χ0) is 23.4. The van der Waals surface area contributed by atoms with Crippen molar-refractivity contribution in [3.05, 3.63) is 94.3 Å². The second kappa shape index (κ2) is 9.92. The van der Waals surface area contributed by atoms with E-state index in [1.54, 1.807) is 29.9 Å². The van der Waals surface area contributed by atoms with Crippen LogP contribution in [-0.4, -0.2) is 28.6 Å². The van der Waals surface area contributed by atoms with E-state index in [4.69, 9.17) is 9.72 Å². The first-order chi connectivity index (χ1) is 16.0. The van der Waals surface area contributed by atoms with E-state index in [0.29, 0.717) is 38.8 Å². The number of fused-ring (bicyclic) bond motifs is 1. The molecule has 0 unspecified atom stereocenters. The number of rotatable bonds is 7. The van der Waals surface area contributed by atoms with E-state index in [0.717, 1.165) is 5.56 Å². The van der Waals surface area contributed by atoms with Crippen molar-refractivity contribution in [3.8, 4) is 11.4 Å². The van der Waals surface area contributed by atoms with Crippen LogP contribution in [0.4, 0.5) is 0 Å². The van der Waals surface area contributed by atoms with E-state index in [1.807, 2.05) is 68.4 Å². The molecular formula is C26H25N3O3S. The lowest BCUT2D eigenvalue weighted by Crippen LogP contribution is -2.30. The van der Waals surface area contributed by atoms with Crippen molar-refractivity contribution in [2.75, 3.05) is 7.11 Å². The summed E-state index contributed by atoms with van der Waals surface area (Å²) >= 11 is 1.48. The molecule has 0 fully saturated rings. The predicted molar refractivity (Wildman–Crippen MR) is 132 cm³/mol. The van der Waals surface area contributed by atoms with Crippen molar-refractivity contribution in [2.24, 2.45) is 0 Å². The number of nitrogens with one attached hydrogen (secondary N) is 1. The van der Waals surface area contributed by atoms with Gasteiger partial charge >= 0.3 is 0 Å². The van der Waals surface area contributed by atoms with Crippen LogP contribution in [-0.2, 0) is 5.75 Å². The fourth-order valence-electron chi connectivity index (χ4n) is 3.43. The van der Waals surface area contributed by atoms with Gasteiger partial charge in [-0.25, -0.2) is 4.98 Å². The lowest BCUT2D eigenvalue weighted by atomic mass is 10.1. The Hall–Kier alpha value is -3.58. The monoisotopic (exact) mass is 459 g/mol. The average molecular weight is 460 g/mol. The summed E-state index contributed by atoms with van der Waals surface area (Å²) in [6.45, 7) is 3.81. The topological polar surface area (TPSA) is 73.2 Å². The molecule has 0 saturated carbocycles. The Balaban J connectivity index is 1.82. The molecule has 3 aromatic carbocycles. The van der Waals surface area contributed by atoms with Crippen LogP contribution in [0.5, 0.6) is 5.75 Å². The Kier molecular flexibility index (Phi) is 6.79. The predicted octanol–water partition coefficient (Wildman–Crippen LogP) is 4.82. The van der Waals surface area contributed by atoms with E-state index < -0.39 is 0 Å². The third-order valence-corrected chi connectivity index (χ3v) is 6.07. The number of nitrogens with zero attached hydrogens (tertiary/aromatic N) is 2. The molecule has 1 heterocycles. The minimum Gasteiger partial charge on any atom is -0.497 e. The molecule has 1 aromatic heterocycles. The van der Waals surface area contributed by atoms with Gasteiger partial charge in [-0.05, 0) is 61.9 Å². The molecule has 0 aliphatic heterocycles. The normalized spacial score (nSPS) is 11.0. The Labute approximate surface area is 196 Å². The molecule has 4 aromatic rings. The second-order valence-electron chi connectivity index (χ2n) is 7.87. The highest BCUT2D eigenvalue weighted by Crippen LogP contribution is 2.26. The quantitative estimate of drug-likeness (QED) is 0.317. The maximum Gasteiger partial charge on any atom is 0.266 e. The highest BCUT2D eigenvalue weighted by Gasteiger charge is 2.16. The third-order valence-electron chi connectivity index (χ3n) is 5.06. The van der Waals surface area contributed by atoms with Crippen molar-refractivity contribution in [2.45, 2.75) is 30.8 Å². The highest BCUT2D eigenvalue weighted by molar-refractivity contribution is 7.98. The first kappa shape index (κ1) is 22.6. The minimum absolute atomic E-state index is 0.0150. The van der Waals surface area contributed by atoms with Crippen LogP contribution in [0.2, 0.25) is 0 Å². The largest absolute Gasteiger partial charge is 0.497 e. The molecule has 6 nitrogen and oxygen atoms in total. The second-order valence-corrected chi connectivity index (χ2v) is 8.81. The Morgan fingerprint density at radius 2 is 1.79 bits per heavy atom. The molecule has 33 heavy (non-hydrogen) atoms. The zero-order valence-corrected chi connectivity index (χ0v) is 19.6. The summed E-state index contributed by atoms with van der Waals surface area (Å²) in [5, 5.41) is 3.89. The van der Waals surface area contributed by atoms with Crippen LogP contribution in [0.1, 0.15) is 29.8 Å². The number of hydrogen-bond acceptors (Lipinski definition) is 5. The fraction of sp³-hybridized carbons (Fsp3) is 0.192. The smallest absolute Gasteiger partial charge is 0.266 e. The van der Waals surface area contributed by atoms with Crippen LogP contribution in [0.3, 0.4) is 0 Å². The van der Waals surface area contributed by atoms with Crippen LogP contribution in [0.15, 0.2) is 82.7 Å². The van der Waals surface area contributed by atoms with Gasteiger partial charge in [0.05, 0.1) is 23.7 Å². The maximum absolute atomic E-state index is 13.6. The Morgan fingerprint density at radius 3 is 2.45 bits per heavy atom. The summed E-state index contributed by atoms with van der Waals surface area (Å²) in [5.74, 6) is 1.18. The van der Waals surface area contributed by atoms with Gasteiger partial charge in [-0.2, -0.15) is 0 Å². The van der Waals surface area contributed by atoms with Crippen molar-refractivity contribution in [1.82, 2.24) is 14.9 Å². The number of amides is 1. The molecule has 1 amide bonds. The van der Waals surface area contributed by atoms with Gasteiger partial charge < -0.3 is 10.1 Å². The molecular weight excluding hydrogens is 434 g/mol. The number of aromatic nitrogens is 2.